The monoisotopic (exact) mass is 431 g/mol. The first-order valence-corrected chi connectivity index (χ1v) is 10.4. The van der Waals surface area contributed by atoms with Gasteiger partial charge in [0, 0.05) is 0 Å². The fraction of sp³-hybridized carbons (Fsp3) is 0.211. The summed E-state index contributed by atoms with van der Waals surface area (Å²) >= 11 is 0. The van der Waals surface area contributed by atoms with Gasteiger partial charge in [-0.2, -0.15) is 9.71 Å². The van der Waals surface area contributed by atoms with Gasteiger partial charge in [0.1, 0.15) is 11.5 Å². The molecule has 1 aromatic heterocycles. The van der Waals surface area contributed by atoms with E-state index in [1.54, 1.807) is 12.1 Å². The molecule has 10 nitrogen and oxygen atoms in total. The zero-order chi connectivity index (χ0) is 21.7. The molecule has 1 atom stereocenters. The molecule has 0 radical (unpaired) electrons. The highest BCUT2D eigenvalue weighted by atomic mass is 32.2. The summed E-state index contributed by atoms with van der Waals surface area (Å²) in [5.74, 6) is 0.908. The molecule has 0 spiro atoms. The minimum absolute atomic E-state index is 0.0106. The van der Waals surface area contributed by atoms with E-state index in [-0.39, 0.29) is 10.8 Å². The first kappa shape index (κ1) is 21.3. The van der Waals surface area contributed by atoms with E-state index in [2.05, 4.69) is 25.2 Å². The average molecular weight is 431 g/mol. The van der Waals surface area contributed by atoms with Crippen LogP contribution in [-0.2, 0) is 14.8 Å². The number of carbonyl (C=O) groups is 1. The molecule has 158 valence electrons. The summed E-state index contributed by atoms with van der Waals surface area (Å²) in [7, 11) is -0.881. The van der Waals surface area contributed by atoms with Crippen LogP contribution in [-0.4, -0.2) is 49.8 Å². The SMILES string of the molecule is COc1ccc(S(=O)(=O)N[C@@H](C)C(=O)Nc2n[nH]c(-c3ccccc3OC)n2)cc1. The van der Waals surface area contributed by atoms with Crippen LogP contribution in [0.5, 0.6) is 11.5 Å². The van der Waals surface area contributed by atoms with Crippen molar-refractivity contribution in [1.82, 2.24) is 19.9 Å². The average Bonchev–Trinajstić information content (AvgIpc) is 3.21. The van der Waals surface area contributed by atoms with Crippen molar-refractivity contribution in [2.24, 2.45) is 0 Å². The lowest BCUT2D eigenvalue weighted by Crippen LogP contribution is -2.41. The van der Waals surface area contributed by atoms with Crippen LogP contribution in [0.1, 0.15) is 6.92 Å². The van der Waals surface area contributed by atoms with Crippen LogP contribution in [0.2, 0.25) is 0 Å². The van der Waals surface area contributed by atoms with Gasteiger partial charge >= 0.3 is 0 Å². The number of hydrogen-bond donors (Lipinski definition) is 3. The fourth-order valence-electron chi connectivity index (χ4n) is 2.61. The van der Waals surface area contributed by atoms with E-state index in [4.69, 9.17) is 9.47 Å². The Hall–Kier alpha value is -3.44. The Bertz CT molecular complexity index is 1130. The summed E-state index contributed by atoms with van der Waals surface area (Å²) in [6.45, 7) is 1.42. The first-order chi connectivity index (χ1) is 14.3. The second kappa shape index (κ2) is 8.93. The molecule has 30 heavy (non-hydrogen) atoms. The molecule has 0 aliphatic heterocycles. The van der Waals surface area contributed by atoms with Crippen LogP contribution in [0, 0.1) is 0 Å². The number of sulfonamides is 1. The Balaban J connectivity index is 1.68. The second-order valence-electron chi connectivity index (χ2n) is 6.22. The van der Waals surface area contributed by atoms with Crippen molar-refractivity contribution in [2.75, 3.05) is 19.5 Å². The minimum Gasteiger partial charge on any atom is -0.497 e. The number of aromatic amines is 1. The molecule has 0 saturated heterocycles. The van der Waals surface area contributed by atoms with E-state index < -0.39 is 22.0 Å². The molecule has 3 aromatic rings. The molecule has 0 bridgehead atoms. The summed E-state index contributed by atoms with van der Waals surface area (Å²) in [4.78, 5) is 16.6. The van der Waals surface area contributed by atoms with Crippen LogP contribution in [0.3, 0.4) is 0 Å². The lowest BCUT2D eigenvalue weighted by molar-refractivity contribution is -0.117. The summed E-state index contributed by atoms with van der Waals surface area (Å²) in [6, 6.07) is 11.9. The summed E-state index contributed by atoms with van der Waals surface area (Å²) < 4.78 is 37.6. The first-order valence-electron chi connectivity index (χ1n) is 8.87. The maximum Gasteiger partial charge on any atom is 0.249 e. The van der Waals surface area contributed by atoms with E-state index in [0.29, 0.717) is 22.9 Å². The van der Waals surface area contributed by atoms with Crippen molar-refractivity contribution in [1.29, 1.82) is 0 Å². The van der Waals surface area contributed by atoms with E-state index >= 15 is 0 Å². The predicted molar refractivity (Wildman–Crippen MR) is 110 cm³/mol. The summed E-state index contributed by atoms with van der Waals surface area (Å²) in [5, 5.41) is 9.15. The van der Waals surface area contributed by atoms with Gasteiger partial charge in [0.05, 0.1) is 30.7 Å². The number of nitrogens with zero attached hydrogens (tertiary/aromatic N) is 2. The summed E-state index contributed by atoms with van der Waals surface area (Å²) in [6.07, 6.45) is 0. The third-order valence-electron chi connectivity index (χ3n) is 4.18. The lowest BCUT2D eigenvalue weighted by Gasteiger charge is -2.13. The van der Waals surface area contributed by atoms with Crippen molar-refractivity contribution in [2.45, 2.75) is 17.9 Å². The number of nitrogens with one attached hydrogen (secondary N) is 3. The highest BCUT2D eigenvalue weighted by Gasteiger charge is 2.23. The number of rotatable bonds is 8. The highest BCUT2D eigenvalue weighted by Crippen LogP contribution is 2.27. The topological polar surface area (TPSA) is 135 Å². The van der Waals surface area contributed by atoms with E-state index in [0.717, 1.165) is 0 Å². The molecular weight excluding hydrogens is 410 g/mol. The van der Waals surface area contributed by atoms with Crippen molar-refractivity contribution in [3.63, 3.8) is 0 Å². The number of amides is 1. The molecule has 3 N–H and O–H groups in total. The fourth-order valence-corrected chi connectivity index (χ4v) is 3.81. The highest BCUT2D eigenvalue weighted by molar-refractivity contribution is 7.89. The Morgan fingerprint density at radius 2 is 1.77 bits per heavy atom. The number of H-pyrrole nitrogens is 1. The maximum atomic E-state index is 12.5. The molecule has 1 amide bonds. The Morgan fingerprint density at radius 1 is 1.07 bits per heavy atom. The van der Waals surface area contributed by atoms with Crippen LogP contribution < -0.4 is 19.5 Å². The quantitative estimate of drug-likeness (QED) is 0.495. The molecule has 0 fully saturated rings. The standard InChI is InChI=1S/C19H21N5O5S/c1-12(24-30(26,27)14-10-8-13(28-2)9-11-14)18(25)21-19-20-17(22-23-19)15-6-4-5-7-16(15)29-3/h4-12,24H,1-3H3,(H2,20,21,22,23,25)/t12-/m0/s1. The molecule has 0 aliphatic rings. The Morgan fingerprint density at radius 3 is 2.43 bits per heavy atom. The van der Waals surface area contributed by atoms with Gasteiger partial charge in [-0.05, 0) is 43.3 Å². The molecule has 2 aromatic carbocycles. The van der Waals surface area contributed by atoms with Gasteiger partial charge in [0.15, 0.2) is 5.82 Å². The van der Waals surface area contributed by atoms with Gasteiger partial charge in [0.25, 0.3) is 0 Å². The van der Waals surface area contributed by atoms with Gasteiger partial charge in [0.2, 0.25) is 21.9 Å². The number of methoxy groups -OCH3 is 2. The second-order valence-corrected chi connectivity index (χ2v) is 7.93. The smallest absolute Gasteiger partial charge is 0.249 e. The Labute approximate surface area is 173 Å². The molecule has 0 saturated carbocycles. The van der Waals surface area contributed by atoms with Gasteiger partial charge in [-0.15, -0.1) is 5.10 Å². The van der Waals surface area contributed by atoms with Gasteiger partial charge < -0.3 is 9.47 Å². The molecule has 1 heterocycles. The maximum absolute atomic E-state index is 12.5. The molecule has 3 rings (SSSR count). The molecular formula is C19H21N5O5S. The van der Waals surface area contributed by atoms with Gasteiger partial charge in [-0.25, -0.2) is 8.42 Å². The third-order valence-corrected chi connectivity index (χ3v) is 5.73. The van der Waals surface area contributed by atoms with E-state index in [1.807, 2.05) is 12.1 Å². The van der Waals surface area contributed by atoms with E-state index in [9.17, 15) is 13.2 Å². The number of ether oxygens (including phenoxy) is 2. The number of carbonyl (C=O) groups excluding carboxylic acids is 1. The normalized spacial score (nSPS) is 12.2. The van der Waals surface area contributed by atoms with Crippen molar-refractivity contribution in [3.05, 3.63) is 48.5 Å². The van der Waals surface area contributed by atoms with Crippen LogP contribution in [0.15, 0.2) is 53.4 Å². The van der Waals surface area contributed by atoms with Crippen LogP contribution >= 0.6 is 0 Å². The predicted octanol–water partition coefficient (Wildman–Crippen LogP) is 1.79. The van der Waals surface area contributed by atoms with Gasteiger partial charge in [-0.3, -0.25) is 15.2 Å². The van der Waals surface area contributed by atoms with Gasteiger partial charge in [-0.1, -0.05) is 12.1 Å². The Kier molecular flexibility index (Phi) is 6.33. The van der Waals surface area contributed by atoms with Crippen molar-refractivity contribution in [3.8, 4) is 22.9 Å². The lowest BCUT2D eigenvalue weighted by atomic mass is 10.2. The molecule has 0 aliphatic carbocycles. The zero-order valence-corrected chi connectivity index (χ0v) is 17.4. The van der Waals surface area contributed by atoms with E-state index in [1.165, 1.54) is 45.4 Å². The number of para-hydroxylation sites is 1. The number of anilines is 1. The molecule has 11 heteroatoms. The largest absolute Gasteiger partial charge is 0.497 e. The number of hydrogen-bond acceptors (Lipinski definition) is 7. The molecule has 0 unspecified atom stereocenters. The van der Waals surface area contributed by atoms with Crippen LogP contribution in [0.4, 0.5) is 5.95 Å². The zero-order valence-electron chi connectivity index (χ0n) is 16.5. The van der Waals surface area contributed by atoms with Crippen molar-refractivity contribution < 1.29 is 22.7 Å². The van der Waals surface area contributed by atoms with Crippen molar-refractivity contribution >= 4 is 21.9 Å². The number of aromatic nitrogens is 3. The van der Waals surface area contributed by atoms with Crippen LogP contribution in [0.25, 0.3) is 11.4 Å². The minimum atomic E-state index is -3.90. The number of benzene rings is 2. The third kappa shape index (κ3) is 4.75. The summed E-state index contributed by atoms with van der Waals surface area (Å²) in [5.41, 5.74) is 0.668.